The molecule has 0 aliphatic heterocycles. The van der Waals surface area contributed by atoms with Crippen molar-refractivity contribution >= 4 is 17.5 Å². The number of amides is 2. The standard InChI is InChI=1S/C24H24N2O3/c1-18-11-13-19(14-12-18)15-25-24(28)21-9-5-6-10-22(21)26-23(27)17-29-16-20-7-3-2-4-8-20/h2-14H,15-17H2,1H3,(H,25,28)(H,26,27). The first-order chi connectivity index (χ1) is 14.1. The number of hydrogen-bond donors (Lipinski definition) is 2. The zero-order valence-corrected chi connectivity index (χ0v) is 16.4. The van der Waals surface area contributed by atoms with Crippen molar-refractivity contribution < 1.29 is 14.3 Å². The van der Waals surface area contributed by atoms with Gasteiger partial charge in [0.2, 0.25) is 5.91 Å². The number of hydrogen-bond acceptors (Lipinski definition) is 3. The number of anilines is 1. The van der Waals surface area contributed by atoms with Gasteiger partial charge in [0.05, 0.1) is 17.9 Å². The Bertz CT molecular complexity index is 953. The molecule has 0 saturated heterocycles. The van der Waals surface area contributed by atoms with E-state index in [0.29, 0.717) is 24.4 Å². The summed E-state index contributed by atoms with van der Waals surface area (Å²) in [5.41, 5.74) is 4.05. The van der Waals surface area contributed by atoms with Crippen LogP contribution in [0.4, 0.5) is 5.69 Å². The van der Waals surface area contributed by atoms with Crippen LogP contribution in [0.15, 0.2) is 78.9 Å². The SMILES string of the molecule is Cc1ccc(CNC(=O)c2ccccc2NC(=O)COCc2ccccc2)cc1. The largest absolute Gasteiger partial charge is 0.367 e. The highest BCUT2D eigenvalue weighted by molar-refractivity contribution is 6.03. The second-order valence-electron chi connectivity index (χ2n) is 6.74. The van der Waals surface area contributed by atoms with Crippen LogP contribution in [0.1, 0.15) is 27.0 Å². The molecule has 3 aromatic rings. The molecule has 0 radical (unpaired) electrons. The van der Waals surface area contributed by atoms with Crippen LogP contribution in [0.25, 0.3) is 0 Å². The molecule has 5 heteroatoms. The Morgan fingerprint density at radius 2 is 1.52 bits per heavy atom. The molecule has 0 unspecified atom stereocenters. The van der Waals surface area contributed by atoms with Crippen molar-refractivity contribution in [1.29, 1.82) is 0 Å². The van der Waals surface area contributed by atoms with Crippen LogP contribution in [0, 0.1) is 6.92 Å². The molecule has 0 bridgehead atoms. The Morgan fingerprint density at radius 1 is 0.828 bits per heavy atom. The fourth-order valence-corrected chi connectivity index (χ4v) is 2.80. The monoisotopic (exact) mass is 388 g/mol. The summed E-state index contributed by atoms with van der Waals surface area (Å²) < 4.78 is 5.46. The minimum absolute atomic E-state index is 0.0891. The lowest BCUT2D eigenvalue weighted by Crippen LogP contribution is -2.25. The molecule has 0 heterocycles. The number of carbonyl (C=O) groups excluding carboxylic acids is 2. The van der Waals surface area contributed by atoms with Crippen LogP contribution < -0.4 is 10.6 Å². The molecule has 3 aromatic carbocycles. The van der Waals surface area contributed by atoms with Crippen molar-refractivity contribution in [2.75, 3.05) is 11.9 Å². The molecule has 2 amide bonds. The molecule has 29 heavy (non-hydrogen) atoms. The number of carbonyl (C=O) groups is 2. The fourth-order valence-electron chi connectivity index (χ4n) is 2.80. The van der Waals surface area contributed by atoms with E-state index < -0.39 is 0 Å². The van der Waals surface area contributed by atoms with Gasteiger partial charge in [0.15, 0.2) is 0 Å². The van der Waals surface area contributed by atoms with Gasteiger partial charge in [-0.1, -0.05) is 72.3 Å². The van der Waals surface area contributed by atoms with Crippen molar-refractivity contribution in [3.8, 4) is 0 Å². The third-order valence-corrected chi connectivity index (χ3v) is 4.36. The first-order valence-electron chi connectivity index (χ1n) is 9.46. The Balaban J connectivity index is 1.54. The Kier molecular flexibility index (Phi) is 7.14. The van der Waals surface area contributed by atoms with Crippen molar-refractivity contribution in [2.24, 2.45) is 0 Å². The number of benzene rings is 3. The van der Waals surface area contributed by atoms with E-state index in [2.05, 4.69) is 10.6 Å². The zero-order valence-electron chi connectivity index (χ0n) is 16.4. The van der Waals surface area contributed by atoms with Gasteiger partial charge in [0.1, 0.15) is 6.61 Å². The molecule has 0 aliphatic rings. The molecule has 3 rings (SSSR count). The molecule has 0 fully saturated rings. The van der Waals surface area contributed by atoms with Gasteiger partial charge >= 0.3 is 0 Å². The van der Waals surface area contributed by atoms with E-state index in [1.54, 1.807) is 24.3 Å². The maximum Gasteiger partial charge on any atom is 0.253 e. The molecule has 0 aliphatic carbocycles. The Labute approximate surface area is 170 Å². The summed E-state index contributed by atoms with van der Waals surface area (Å²) in [5, 5.41) is 5.65. The van der Waals surface area contributed by atoms with Crippen LogP contribution in [0.2, 0.25) is 0 Å². The lowest BCUT2D eigenvalue weighted by Gasteiger charge is -2.12. The Hall–Kier alpha value is -3.44. The van der Waals surface area contributed by atoms with Gasteiger partial charge < -0.3 is 15.4 Å². The van der Waals surface area contributed by atoms with Crippen LogP contribution in [-0.2, 0) is 22.7 Å². The average Bonchev–Trinajstić information content (AvgIpc) is 2.74. The van der Waals surface area contributed by atoms with E-state index in [0.717, 1.165) is 11.1 Å². The van der Waals surface area contributed by atoms with Crippen LogP contribution in [-0.4, -0.2) is 18.4 Å². The first kappa shape index (κ1) is 20.3. The summed E-state index contributed by atoms with van der Waals surface area (Å²) in [6, 6.07) is 24.5. The molecular weight excluding hydrogens is 364 g/mol. The van der Waals surface area contributed by atoms with E-state index in [9.17, 15) is 9.59 Å². The van der Waals surface area contributed by atoms with Gasteiger partial charge in [-0.05, 0) is 30.2 Å². The summed E-state index contributed by atoms with van der Waals surface area (Å²) >= 11 is 0. The van der Waals surface area contributed by atoms with E-state index >= 15 is 0 Å². The molecule has 148 valence electrons. The summed E-state index contributed by atoms with van der Waals surface area (Å²) in [5.74, 6) is -0.550. The van der Waals surface area contributed by atoms with Gasteiger partial charge in [-0.25, -0.2) is 0 Å². The predicted molar refractivity (Wildman–Crippen MR) is 114 cm³/mol. The number of nitrogens with one attached hydrogen (secondary N) is 2. The highest BCUT2D eigenvalue weighted by Crippen LogP contribution is 2.15. The zero-order chi connectivity index (χ0) is 20.5. The highest BCUT2D eigenvalue weighted by atomic mass is 16.5. The minimum Gasteiger partial charge on any atom is -0.367 e. The second kappa shape index (κ2) is 10.2. The summed E-state index contributed by atoms with van der Waals surface area (Å²) in [6.07, 6.45) is 0. The normalized spacial score (nSPS) is 10.4. The number of rotatable bonds is 8. The topological polar surface area (TPSA) is 67.4 Å². The van der Waals surface area contributed by atoms with E-state index in [1.807, 2.05) is 61.5 Å². The van der Waals surface area contributed by atoms with Crippen LogP contribution >= 0.6 is 0 Å². The Morgan fingerprint density at radius 3 is 2.28 bits per heavy atom. The first-order valence-corrected chi connectivity index (χ1v) is 9.46. The van der Waals surface area contributed by atoms with Crippen LogP contribution in [0.3, 0.4) is 0 Å². The van der Waals surface area contributed by atoms with Crippen LogP contribution in [0.5, 0.6) is 0 Å². The number of ether oxygens (including phenoxy) is 1. The van der Waals surface area contributed by atoms with Gasteiger partial charge in [-0.2, -0.15) is 0 Å². The summed E-state index contributed by atoms with van der Waals surface area (Å²) in [4.78, 5) is 24.8. The van der Waals surface area contributed by atoms with Gasteiger partial charge in [-0.3, -0.25) is 9.59 Å². The smallest absolute Gasteiger partial charge is 0.253 e. The van der Waals surface area contributed by atoms with Gasteiger partial charge in [0, 0.05) is 6.54 Å². The lowest BCUT2D eigenvalue weighted by molar-refractivity contribution is -0.121. The molecule has 0 saturated carbocycles. The second-order valence-corrected chi connectivity index (χ2v) is 6.74. The van der Waals surface area contributed by atoms with Crippen molar-refractivity contribution in [2.45, 2.75) is 20.1 Å². The number of aryl methyl sites for hydroxylation is 1. The molecule has 0 atom stereocenters. The minimum atomic E-state index is -0.306. The maximum absolute atomic E-state index is 12.6. The fraction of sp³-hybridized carbons (Fsp3) is 0.167. The highest BCUT2D eigenvalue weighted by Gasteiger charge is 2.13. The molecule has 0 spiro atoms. The lowest BCUT2D eigenvalue weighted by atomic mass is 10.1. The summed E-state index contributed by atoms with van der Waals surface area (Å²) in [7, 11) is 0. The quantitative estimate of drug-likeness (QED) is 0.611. The van der Waals surface area contributed by atoms with Crippen molar-refractivity contribution in [3.63, 3.8) is 0 Å². The van der Waals surface area contributed by atoms with E-state index in [-0.39, 0.29) is 18.4 Å². The molecule has 0 aromatic heterocycles. The van der Waals surface area contributed by atoms with Gasteiger partial charge in [-0.15, -0.1) is 0 Å². The average molecular weight is 388 g/mol. The van der Waals surface area contributed by atoms with Crippen molar-refractivity contribution in [3.05, 3.63) is 101 Å². The van der Waals surface area contributed by atoms with Gasteiger partial charge in [0.25, 0.3) is 5.91 Å². The van der Waals surface area contributed by atoms with E-state index in [4.69, 9.17) is 4.74 Å². The molecule has 5 nitrogen and oxygen atoms in total. The predicted octanol–water partition coefficient (Wildman–Crippen LogP) is 4.08. The van der Waals surface area contributed by atoms with Crippen molar-refractivity contribution in [1.82, 2.24) is 5.32 Å². The number of para-hydroxylation sites is 1. The summed E-state index contributed by atoms with van der Waals surface area (Å²) in [6.45, 7) is 2.70. The van der Waals surface area contributed by atoms with E-state index in [1.165, 1.54) is 5.56 Å². The molecule has 2 N–H and O–H groups in total. The maximum atomic E-state index is 12.6. The molecular formula is C24H24N2O3. The third kappa shape index (κ3) is 6.30. The third-order valence-electron chi connectivity index (χ3n) is 4.36.